The van der Waals surface area contributed by atoms with Gasteiger partial charge in [-0.15, -0.1) is 0 Å². The van der Waals surface area contributed by atoms with Crippen molar-refractivity contribution in [3.8, 4) is 34.5 Å². The molecule has 29 heavy (non-hydrogen) atoms. The highest BCUT2D eigenvalue weighted by atomic mass is 16.7. The predicted molar refractivity (Wildman–Crippen MR) is 97.1 cm³/mol. The highest BCUT2D eigenvalue weighted by Crippen LogP contribution is 2.55. The summed E-state index contributed by atoms with van der Waals surface area (Å²) in [4.78, 5) is 25.1. The first-order valence-electron chi connectivity index (χ1n) is 8.82. The van der Waals surface area contributed by atoms with Crippen LogP contribution in [0.2, 0.25) is 0 Å². The van der Waals surface area contributed by atoms with Crippen molar-refractivity contribution in [2.45, 2.75) is 27.1 Å². The number of aromatic hydroxyl groups is 2. The van der Waals surface area contributed by atoms with Crippen molar-refractivity contribution in [3.05, 3.63) is 33.9 Å². The summed E-state index contributed by atoms with van der Waals surface area (Å²) < 4.78 is 27.2. The predicted octanol–water partition coefficient (Wildman–Crippen LogP) is 3.25. The Kier molecular flexibility index (Phi) is 4.27. The van der Waals surface area contributed by atoms with Crippen LogP contribution >= 0.6 is 0 Å². The van der Waals surface area contributed by atoms with Gasteiger partial charge in [0, 0.05) is 12.2 Å². The number of carbonyl (C=O) groups excluding carboxylic acids is 2. The second-order valence-corrected chi connectivity index (χ2v) is 6.55. The smallest absolute Gasteiger partial charge is 0.347 e. The van der Waals surface area contributed by atoms with E-state index in [0.29, 0.717) is 5.56 Å². The van der Waals surface area contributed by atoms with E-state index >= 15 is 0 Å². The topological polar surface area (TPSA) is 121 Å². The number of phenolic OH excluding ortho intramolecular Hbond substituents is 2. The SMILES string of the molecule is CCO[C@H]1OC(=O)c2c(O)c(C)c3c(c21)Oc1c(O)c(OC)cc(C)c1C(=O)O3. The normalized spacial score (nSPS) is 16.8. The zero-order chi connectivity index (χ0) is 21.0. The summed E-state index contributed by atoms with van der Waals surface area (Å²) in [6.07, 6.45) is -1.17. The maximum absolute atomic E-state index is 12.8. The van der Waals surface area contributed by atoms with Gasteiger partial charge in [-0.2, -0.15) is 0 Å². The Hall–Kier alpha value is -3.46. The number of aryl methyl sites for hydroxylation is 1. The Morgan fingerprint density at radius 2 is 1.72 bits per heavy atom. The molecule has 2 heterocycles. The number of hydrogen-bond acceptors (Lipinski definition) is 9. The van der Waals surface area contributed by atoms with Gasteiger partial charge in [-0.3, -0.25) is 0 Å². The first-order chi connectivity index (χ1) is 13.8. The lowest BCUT2D eigenvalue weighted by Crippen LogP contribution is -2.10. The largest absolute Gasteiger partial charge is 0.507 e. The Balaban J connectivity index is 2.04. The maximum atomic E-state index is 12.8. The maximum Gasteiger partial charge on any atom is 0.347 e. The molecule has 0 saturated carbocycles. The number of hydrogen-bond donors (Lipinski definition) is 2. The van der Waals surface area contributed by atoms with Gasteiger partial charge in [0.1, 0.15) is 16.9 Å². The molecule has 0 aliphatic carbocycles. The molecular formula is C20H18O9. The van der Waals surface area contributed by atoms with Gasteiger partial charge in [0.2, 0.25) is 12.0 Å². The fourth-order valence-electron chi connectivity index (χ4n) is 3.47. The third-order valence-corrected chi connectivity index (χ3v) is 4.87. The van der Waals surface area contributed by atoms with Crippen LogP contribution in [0.4, 0.5) is 0 Å². The highest BCUT2D eigenvalue weighted by molar-refractivity contribution is 6.02. The van der Waals surface area contributed by atoms with Crippen molar-refractivity contribution < 1.29 is 43.5 Å². The fourth-order valence-corrected chi connectivity index (χ4v) is 3.47. The van der Waals surface area contributed by atoms with Crippen molar-refractivity contribution in [3.63, 3.8) is 0 Å². The minimum absolute atomic E-state index is 0.00894. The van der Waals surface area contributed by atoms with Crippen LogP contribution < -0.4 is 14.2 Å². The number of fused-ring (bicyclic) bond motifs is 4. The van der Waals surface area contributed by atoms with Crippen LogP contribution in [-0.4, -0.2) is 35.9 Å². The summed E-state index contributed by atoms with van der Waals surface area (Å²) in [5.41, 5.74) is 0.483. The van der Waals surface area contributed by atoms with Crippen LogP contribution in [-0.2, 0) is 9.47 Å². The van der Waals surface area contributed by atoms with Gasteiger partial charge in [-0.25, -0.2) is 9.59 Å². The van der Waals surface area contributed by atoms with Crippen LogP contribution in [0.25, 0.3) is 0 Å². The van der Waals surface area contributed by atoms with Gasteiger partial charge in [0.15, 0.2) is 23.0 Å². The van der Waals surface area contributed by atoms with E-state index in [4.69, 9.17) is 23.7 Å². The molecule has 4 rings (SSSR count). The van der Waals surface area contributed by atoms with Crippen molar-refractivity contribution in [2.75, 3.05) is 13.7 Å². The fraction of sp³-hybridized carbons (Fsp3) is 0.300. The minimum atomic E-state index is -1.17. The number of ether oxygens (including phenoxy) is 5. The lowest BCUT2D eigenvalue weighted by Gasteiger charge is -2.18. The van der Waals surface area contributed by atoms with Gasteiger partial charge in [0.25, 0.3) is 0 Å². The average Bonchev–Trinajstić information content (AvgIpc) is 2.91. The van der Waals surface area contributed by atoms with E-state index in [1.807, 2.05) is 0 Å². The second kappa shape index (κ2) is 6.56. The number of esters is 2. The molecule has 2 aliphatic heterocycles. The van der Waals surface area contributed by atoms with Gasteiger partial charge < -0.3 is 33.9 Å². The lowest BCUT2D eigenvalue weighted by atomic mass is 10.0. The van der Waals surface area contributed by atoms with E-state index in [1.165, 1.54) is 20.1 Å². The minimum Gasteiger partial charge on any atom is -0.507 e. The van der Waals surface area contributed by atoms with Crippen LogP contribution in [0, 0.1) is 13.8 Å². The molecule has 2 aliphatic rings. The van der Waals surface area contributed by atoms with Crippen molar-refractivity contribution >= 4 is 11.9 Å². The first-order valence-corrected chi connectivity index (χ1v) is 8.82. The summed E-state index contributed by atoms with van der Waals surface area (Å²) in [5.74, 6) is -2.65. The molecular weight excluding hydrogens is 384 g/mol. The van der Waals surface area contributed by atoms with Gasteiger partial charge in [-0.1, -0.05) is 0 Å². The molecule has 0 fully saturated rings. The number of carbonyl (C=O) groups is 2. The van der Waals surface area contributed by atoms with Crippen LogP contribution in [0.3, 0.4) is 0 Å². The van der Waals surface area contributed by atoms with Crippen LogP contribution in [0.5, 0.6) is 34.5 Å². The third kappa shape index (κ3) is 2.58. The Morgan fingerprint density at radius 3 is 2.38 bits per heavy atom. The molecule has 2 N–H and O–H groups in total. The van der Waals surface area contributed by atoms with E-state index < -0.39 is 29.7 Å². The molecule has 0 saturated heterocycles. The van der Waals surface area contributed by atoms with E-state index in [1.54, 1.807) is 13.8 Å². The Morgan fingerprint density at radius 1 is 1.00 bits per heavy atom. The van der Waals surface area contributed by atoms with Crippen molar-refractivity contribution in [1.82, 2.24) is 0 Å². The summed E-state index contributed by atoms with van der Waals surface area (Å²) in [5, 5.41) is 21.1. The average molecular weight is 402 g/mol. The van der Waals surface area contributed by atoms with Crippen LogP contribution in [0.15, 0.2) is 6.07 Å². The van der Waals surface area contributed by atoms with E-state index in [2.05, 4.69) is 0 Å². The second-order valence-electron chi connectivity index (χ2n) is 6.55. The highest BCUT2D eigenvalue weighted by Gasteiger charge is 2.43. The first kappa shape index (κ1) is 18.9. The number of methoxy groups -OCH3 is 1. The van der Waals surface area contributed by atoms with Crippen LogP contribution in [0.1, 0.15) is 50.6 Å². The summed E-state index contributed by atoms with van der Waals surface area (Å²) >= 11 is 0. The molecule has 0 spiro atoms. The quantitative estimate of drug-likeness (QED) is 0.588. The molecule has 152 valence electrons. The zero-order valence-corrected chi connectivity index (χ0v) is 16.1. The molecule has 2 aromatic carbocycles. The monoisotopic (exact) mass is 402 g/mol. The Bertz CT molecular complexity index is 1070. The molecule has 9 heteroatoms. The molecule has 0 aromatic heterocycles. The number of cyclic esters (lactones) is 1. The zero-order valence-electron chi connectivity index (χ0n) is 16.1. The summed E-state index contributed by atoms with van der Waals surface area (Å²) in [6.45, 7) is 5.01. The standard InChI is InChI=1S/C20H18O9/c1-5-26-20-12-11(19(24)29-20)13(21)8(3)15-17(12)27-16-10(18(23)28-15)7(2)6-9(25-4)14(16)22/h6,20-22H,5H2,1-4H3/t20-/m0/s1. The molecule has 2 aromatic rings. The molecule has 0 amide bonds. The van der Waals surface area contributed by atoms with Gasteiger partial charge >= 0.3 is 11.9 Å². The van der Waals surface area contributed by atoms with Gasteiger partial charge in [0.05, 0.1) is 12.7 Å². The molecule has 0 unspecified atom stereocenters. The van der Waals surface area contributed by atoms with Gasteiger partial charge in [-0.05, 0) is 32.4 Å². The number of benzene rings is 2. The number of rotatable bonds is 3. The van der Waals surface area contributed by atoms with E-state index in [9.17, 15) is 19.8 Å². The van der Waals surface area contributed by atoms with E-state index in [0.717, 1.165) is 0 Å². The lowest BCUT2D eigenvalue weighted by molar-refractivity contribution is -0.0999. The third-order valence-electron chi connectivity index (χ3n) is 4.87. The van der Waals surface area contributed by atoms with Crippen molar-refractivity contribution in [2.24, 2.45) is 0 Å². The molecule has 1 atom stereocenters. The molecule has 0 bridgehead atoms. The van der Waals surface area contributed by atoms with Crippen molar-refractivity contribution in [1.29, 1.82) is 0 Å². The number of phenols is 2. The summed E-state index contributed by atoms with van der Waals surface area (Å²) in [6, 6.07) is 1.47. The molecule has 9 nitrogen and oxygen atoms in total. The summed E-state index contributed by atoms with van der Waals surface area (Å²) in [7, 11) is 1.36. The van der Waals surface area contributed by atoms with E-state index in [-0.39, 0.29) is 51.9 Å². The Labute approximate surface area is 165 Å². The molecule has 0 radical (unpaired) electrons.